The van der Waals surface area contributed by atoms with Gasteiger partial charge in [-0.1, -0.05) is 31.5 Å². The van der Waals surface area contributed by atoms with E-state index in [2.05, 4.69) is 20.3 Å². The molecule has 0 bridgehead atoms. The number of halogens is 3. The summed E-state index contributed by atoms with van der Waals surface area (Å²) in [6, 6.07) is 7.05. The molecule has 0 saturated carbocycles. The van der Waals surface area contributed by atoms with Gasteiger partial charge in [0.2, 0.25) is 10.0 Å². The first-order valence-corrected chi connectivity index (χ1v) is 11.7. The summed E-state index contributed by atoms with van der Waals surface area (Å²) in [6.07, 6.45) is 3.02. The molecule has 200 valence electrons. The second-order valence-corrected chi connectivity index (χ2v) is 10.4. The molecule has 1 unspecified atom stereocenters. The number of hydrogen-bond donors (Lipinski definition) is 2. The van der Waals surface area contributed by atoms with E-state index in [-0.39, 0.29) is 25.8 Å². The fourth-order valence-electron chi connectivity index (χ4n) is 2.25. The van der Waals surface area contributed by atoms with E-state index in [1.165, 1.54) is 0 Å². The first-order chi connectivity index (χ1) is 14.7. The molecule has 34 heavy (non-hydrogen) atoms. The van der Waals surface area contributed by atoms with Crippen LogP contribution < -0.4 is 0 Å². The zero-order chi connectivity index (χ0) is 26.6. The van der Waals surface area contributed by atoms with Crippen LogP contribution in [0.25, 0.3) is 0 Å². The van der Waals surface area contributed by atoms with Crippen molar-refractivity contribution in [3.8, 4) is 0 Å². The maximum Gasteiger partial charge on any atom is 2.00 e. The summed E-state index contributed by atoms with van der Waals surface area (Å²) < 4.78 is 76.0. The normalized spacial score (nSPS) is 15.9. The summed E-state index contributed by atoms with van der Waals surface area (Å²) in [5.41, 5.74) is -3.99. The average molecular weight is 626 g/mol. The second-order valence-electron chi connectivity index (χ2n) is 7.49. The van der Waals surface area contributed by atoms with Crippen molar-refractivity contribution in [2.24, 2.45) is 5.41 Å². The molecule has 0 radical (unpaired) electrons. The third-order valence-corrected chi connectivity index (χ3v) is 5.69. The van der Waals surface area contributed by atoms with Crippen LogP contribution in [0.1, 0.15) is 39.7 Å². The third-order valence-electron chi connectivity index (χ3n) is 3.48. The van der Waals surface area contributed by atoms with Gasteiger partial charge in [0.05, 0.1) is 16.0 Å². The Morgan fingerprint density at radius 3 is 1.76 bits per heavy atom. The van der Waals surface area contributed by atoms with Crippen LogP contribution in [0.2, 0.25) is 0 Å². The van der Waals surface area contributed by atoms with E-state index in [1.54, 1.807) is 16.4 Å². The van der Waals surface area contributed by atoms with E-state index >= 15 is 0 Å². The molecule has 1 aromatic rings. The van der Waals surface area contributed by atoms with Crippen molar-refractivity contribution in [3.63, 3.8) is 0 Å². The van der Waals surface area contributed by atoms with E-state index in [4.69, 9.17) is 28.6 Å². The molecule has 1 fully saturated rings. The van der Waals surface area contributed by atoms with Crippen LogP contribution in [-0.2, 0) is 51.1 Å². The van der Waals surface area contributed by atoms with Gasteiger partial charge in [-0.15, -0.1) is 6.54 Å². The Hall–Kier alpha value is -1.37. The van der Waals surface area contributed by atoms with E-state index < -0.39 is 38.6 Å². The second kappa shape index (κ2) is 16.3. The van der Waals surface area contributed by atoms with Crippen molar-refractivity contribution in [2.45, 2.75) is 51.4 Å². The Labute approximate surface area is 213 Å². The van der Waals surface area contributed by atoms with Gasteiger partial charge in [-0.2, -0.15) is 19.6 Å². The number of carboxylic acid groups (broad SMARTS) is 2. The molecule has 1 aliphatic heterocycles. The third kappa shape index (κ3) is 18.0. The molecule has 0 amide bonds. The van der Waals surface area contributed by atoms with Crippen molar-refractivity contribution in [1.29, 1.82) is 0 Å². The standard InChI is InChI=1S/C14H20NO2S.2C2H4O2.CHF3O2S.Pd/c1-12-5-7-13(8-6-12)18(16,17)15-10-4-9-14(2,3)11-15;2*1-2(3)4;2-1(3,4)7(5)6;/h4-8H,9-11H2,1-3H3;2*1H3,(H,3,4);(H,5,6);/q-1;;;;+2/p-1. The zero-order valence-corrected chi connectivity index (χ0v) is 22.3. The molecule has 1 aliphatic rings. The van der Waals surface area contributed by atoms with Gasteiger partial charge >= 0.3 is 25.9 Å². The summed E-state index contributed by atoms with van der Waals surface area (Å²) in [5.74, 6) is -1.67. The molecule has 1 heterocycles. The summed E-state index contributed by atoms with van der Waals surface area (Å²) in [6.45, 7) is 9.41. The van der Waals surface area contributed by atoms with Crippen molar-refractivity contribution in [1.82, 2.24) is 4.31 Å². The maximum absolute atomic E-state index is 12.5. The van der Waals surface area contributed by atoms with Crippen LogP contribution >= 0.6 is 0 Å². The van der Waals surface area contributed by atoms with E-state index in [9.17, 15) is 21.6 Å². The SMILES string of the molecule is CC(=O)O.CC(=O)O.Cc1ccc(S(=O)(=O)N2C[CH-]CC(C)(C)C2)cc1.O=S([O-])C(F)(F)F.[Pd+2]. The molecule has 0 aromatic heterocycles. The Balaban J connectivity index is -0.000000499. The van der Waals surface area contributed by atoms with Gasteiger partial charge in [-0.25, -0.2) is 12.7 Å². The number of piperidine rings is 1. The maximum atomic E-state index is 12.5. The minimum absolute atomic E-state index is 0. The Morgan fingerprint density at radius 1 is 1.12 bits per heavy atom. The number of aryl methyl sites for hydroxylation is 1. The van der Waals surface area contributed by atoms with E-state index in [0.29, 0.717) is 18.0 Å². The average Bonchev–Trinajstić information content (AvgIpc) is 2.60. The number of rotatable bonds is 2. The van der Waals surface area contributed by atoms with Crippen LogP contribution in [-0.4, -0.2) is 62.2 Å². The number of nitrogens with zero attached hydrogens (tertiary/aromatic N) is 1. The number of benzene rings is 1. The van der Waals surface area contributed by atoms with Crippen LogP contribution in [0, 0.1) is 18.8 Å². The minimum atomic E-state index is -5.08. The molecule has 15 heteroatoms. The van der Waals surface area contributed by atoms with Gasteiger partial charge in [-0.05, 0) is 24.5 Å². The topological polar surface area (TPSA) is 152 Å². The van der Waals surface area contributed by atoms with Gasteiger partial charge in [0.15, 0.2) is 0 Å². The molecule has 1 saturated heterocycles. The van der Waals surface area contributed by atoms with Crippen LogP contribution in [0.4, 0.5) is 13.2 Å². The molecule has 2 rings (SSSR count). The molecule has 0 spiro atoms. The van der Waals surface area contributed by atoms with Crippen molar-refractivity contribution in [3.05, 3.63) is 36.2 Å². The largest absolute Gasteiger partial charge is 2.00 e. The van der Waals surface area contributed by atoms with Gasteiger partial charge < -0.3 is 21.2 Å². The number of sulfonamides is 1. The first-order valence-electron chi connectivity index (χ1n) is 9.16. The van der Waals surface area contributed by atoms with Crippen molar-refractivity contribution < 1.29 is 70.6 Å². The predicted octanol–water partition coefficient (Wildman–Crippen LogP) is 3.18. The monoisotopic (exact) mass is 625 g/mol. The van der Waals surface area contributed by atoms with Gasteiger partial charge in [0, 0.05) is 20.4 Å². The predicted molar refractivity (Wildman–Crippen MR) is 114 cm³/mol. The summed E-state index contributed by atoms with van der Waals surface area (Å²) in [4.78, 5) is 18.4. The number of hydrogen-bond acceptors (Lipinski definition) is 6. The van der Waals surface area contributed by atoms with E-state index in [1.807, 2.05) is 19.1 Å². The number of aliphatic carboxylic acids is 2. The molecule has 0 aliphatic carbocycles. The van der Waals surface area contributed by atoms with Crippen LogP contribution in [0.15, 0.2) is 29.2 Å². The quantitative estimate of drug-likeness (QED) is 0.289. The van der Waals surface area contributed by atoms with E-state index in [0.717, 1.165) is 25.8 Å². The van der Waals surface area contributed by atoms with Crippen LogP contribution in [0.3, 0.4) is 0 Å². The number of carboxylic acids is 2. The summed E-state index contributed by atoms with van der Waals surface area (Å²) in [7, 11) is -3.35. The summed E-state index contributed by atoms with van der Waals surface area (Å²) in [5, 5.41) is 14.8. The number of carbonyl (C=O) groups is 2. The molecule has 9 nitrogen and oxygen atoms in total. The molecule has 1 atom stereocenters. The van der Waals surface area contributed by atoms with Gasteiger partial charge in [0.1, 0.15) is 0 Å². The number of alkyl halides is 3. The molecule has 2 N–H and O–H groups in total. The Bertz CT molecular complexity index is 872. The zero-order valence-electron chi connectivity index (χ0n) is 19.1. The van der Waals surface area contributed by atoms with Gasteiger partial charge in [-0.3, -0.25) is 13.8 Å². The minimum Gasteiger partial charge on any atom is -0.766 e. The molecular formula is C19H28F3NO8PdS2. The molecule has 1 aromatic carbocycles. The van der Waals surface area contributed by atoms with Crippen molar-refractivity contribution in [2.75, 3.05) is 13.1 Å². The fraction of sp³-hybridized carbons (Fsp3) is 0.526. The van der Waals surface area contributed by atoms with Crippen molar-refractivity contribution >= 4 is 33.0 Å². The summed E-state index contributed by atoms with van der Waals surface area (Å²) >= 11 is -3.93. The molecular weight excluding hydrogens is 598 g/mol. The Kier molecular flexibility index (Phi) is 17.9. The smallest absolute Gasteiger partial charge is 0.766 e. The fourth-order valence-corrected chi connectivity index (χ4v) is 3.85. The van der Waals surface area contributed by atoms with Crippen LogP contribution in [0.5, 0.6) is 0 Å². The Morgan fingerprint density at radius 2 is 1.47 bits per heavy atom. The van der Waals surface area contributed by atoms with Gasteiger partial charge in [0.25, 0.3) is 11.9 Å². The first kappa shape index (κ1) is 37.2.